The highest BCUT2D eigenvalue weighted by molar-refractivity contribution is 6.02. The molecule has 0 aliphatic rings. The number of ether oxygens (including phenoxy) is 1. The number of benzene rings is 4. The number of fused-ring (bicyclic) bond motifs is 2. The number of rotatable bonds is 6. The first-order valence-electron chi connectivity index (χ1n) is 9.48. The zero-order valence-electron chi connectivity index (χ0n) is 16.1. The minimum atomic E-state index is -0.170. The highest BCUT2D eigenvalue weighted by Crippen LogP contribution is 2.22. The average molecular weight is 383 g/mol. The van der Waals surface area contributed by atoms with E-state index < -0.39 is 0 Å². The Labute approximate surface area is 169 Å². The van der Waals surface area contributed by atoms with Gasteiger partial charge in [-0.05, 0) is 45.3 Å². The van der Waals surface area contributed by atoms with Gasteiger partial charge in [0, 0.05) is 5.56 Å². The molecule has 0 spiro atoms. The van der Waals surface area contributed by atoms with Crippen LogP contribution in [0.2, 0.25) is 0 Å². The Hall–Kier alpha value is -3.66. The van der Waals surface area contributed by atoms with Gasteiger partial charge in [-0.2, -0.15) is 0 Å². The monoisotopic (exact) mass is 383 g/mol. The first-order chi connectivity index (χ1) is 14.1. The highest BCUT2D eigenvalue weighted by atomic mass is 16.5. The van der Waals surface area contributed by atoms with Crippen LogP contribution in [0.3, 0.4) is 0 Å². The van der Waals surface area contributed by atoms with Gasteiger partial charge < -0.3 is 10.1 Å². The predicted molar refractivity (Wildman–Crippen MR) is 115 cm³/mol. The second-order valence-electron chi connectivity index (χ2n) is 6.99. The van der Waals surface area contributed by atoms with Gasteiger partial charge >= 0.3 is 0 Å². The van der Waals surface area contributed by atoms with Crippen molar-refractivity contribution in [3.05, 3.63) is 90.0 Å². The van der Waals surface area contributed by atoms with Crippen molar-refractivity contribution < 1.29 is 14.3 Å². The maximum Gasteiger partial charge on any atom is 0.224 e. The third-order valence-electron chi connectivity index (χ3n) is 4.99. The fraction of sp³-hybridized carbons (Fsp3) is 0.120. The molecular formula is C25H21NO3. The molecule has 4 aromatic rings. The van der Waals surface area contributed by atoms with Gasteiger partial charge in [-0.1, -0.05) is 60.7 Å². The standard InChI is InChI=1S/C25H21NO3/c1-29-23-11-10-19-8-9-21(14-22(19)15-23)24(27)16-26-25(28)13-17-6-7-18-4-2-3-5-20(18)12-17/h2-12,14-15H,13,16H2,1H3,(H,26,28). The van der Waals surface area contributed by atoms with Crippen molar-refractivity contribution in [1.82, 2.24) is 5.32 Å². The Morgan fingerprint density at radius 2 is 1.52 bits per heavy atom. The van der Waals surface area contributed by atoms with Crippen molar-refractivity contribution in [3.63, 3.8) is 0 Å². The van der Waals surface area contributed by atoms with E-state index >= 15 is 0 Å². The number of carbonyl (C=O) groups excluding carboxylic acids is 2. The van der Waals surface area contributed by atoms with Gasteiger partial charge in [0.25, 0.3) is 0 Å². The van der Waals surface area contributed by atoms with Gasteiger partial charge in [0.1, 0.15) is 5.75 Å². The Kier molecular flexibility index (Phi) is 5.25. The largest absolute Gasteiger partial charge is 0.497 e. The Bertz CT molecular complexity index is 1210. The van der Waals surface area contributed by atoms with Crippen LogP contribution in [0.25, 0.3) is 21.5 Å². The van der Waals surface area contributed by atoms with E-state index in [0.717, 1.165) is 32.9 Å². The summed E-state index contributed by atoms with van der Waals surface area (Å²) >= 11 is 0. The molecule has 0 aliphatic heterocycles. The molecule has 0 aromatic heterocycles. The summed E-state index contributed by atoms with van der Waals surface area (Å²) < 4.78 is 5.24. The maximum atomic E-state index is 12.5. The first kappa shape index (κ1) is 18.7. The third kappa shape index (κ3) is 4.27. The Morgan fingerprint density at radius 3 is 2.34 bits per heavy atom. The molecule has 4 heteroatoms. The molecule has 1 N–H and O–H groups in total. The zero-order chi connectivity index (χ0) is 20.2. The smallest absolute Gasteiger partial charge is 0.224 e. The second-order valence-corrected chi connectivity index (χ2v) is 6.99. The van der Waals surface area contributed by atoms with Crippen molar-refractivity contribution in [2.24, 2.45) is 0 Å². The fourth-order valence-corrected chi connectivity index (χ4v) is 3.40. The molecule has 0 atom stereocenters. The van der Waals surface area contributed by atoms with Gasteiger partial charge in [-0.3, -0.25) is 9.59 Å². The zero-order valence-corrected chi connectivity index (χ0v) is 16.1. The van der Waals surface area contributed by atoms with E-state index in [1.54, 1.807) is 13.2 Å². The summed E-state index contributed by atoms with van der Waals surface area (Å²) in [4.78, 5) is 24.8. The van der Waals surface area contributed by atoms with Gasteiger partial charge in [0.05, 0.1) is 20.1 Å². The van der Waals surface area contributed by atoms with E-state index in [0.29, 0.717) is 5.56 Å². The van der Waals surface area contributed by atoms with E-state index in [1.807, 2.05) is 72.8 Å². The molecular weight excluding hydrogens is 362 g/mol. The summed E-state index contributed by atoms with van der Waals surface area (Å²) in [5.41, 5.74) is 1.49. The molecule has 0 radical (unpaired) electrons. The number of hydrogen-bond donors (Lipinski definition) is 1. The summed E-state index contributed by atoms with van der Waals surface area (Å²) in [6, 6.07) is 25.2. The van der Waals surface area contributed by atoms with Gasteiger partial charge in [-0.15, -0.1) is 0 Å². The molecule has 0 unspecified atom stereocenters. The first-order valence-corrected chi connectivity index (χ1v) is 9.48. The Balaban J connectivity index is 1.40. The summed E-state index contributed by atoms with van der Waals surface area (Å²) in [6.07, 6.45) is 0.243. The minimum absolute atomic E-state index is 0.0259. The number of ketones is 1. The molecule has 0 saturated carbocycles. The van der Waals surface area contributed by atoms with Crippen LogP contribution in [0, 0.1) is 0 Å². The minimum Gasteiger partial charge on any atom is -0.497 e. The second kappa shape index (κ2) is 8.15. The number of hydrogen-bond acceptors (Lipinski definition) is 3. The van der Waals surface area contributed by atoms with E-state index in [1.165, 1.54) is 0 Å². The topological polar surface area (TPSA) is 55.4 Å². The van der Waals surface area contributed by atoms with Crippen LogP contribution in [-0.4, -0.2) is 25.3 Å². The van der Waals surface area contributed by atoms with Crippen LogP contribution < -0.4 is 10.1 Å². The summed E-state index contributed by atoms with van der Waals surface area (Å²) in [6.45, 7) is -0.0259. The lowest BCUT2D eigenvalue weighted by molar-refractivity contribution is -0.120. The summed E-state index contributed by atoms with van der Waals surface area (Å²) in [5.74, 6) is 0.448. The van der Waals surface area contributed by atoms with Gasteiger partial charge in [-0.25, -0.2) is 0 Å². The van der Waals surface area contributed by atoms with Crippen LogP contribution in [-0.2, 0) is 11.2 Å². The van der Waals surface area contributed by atoms with Crippen LogP contribution >= 0.6 is 0 Å². The average Bonchev–Trinajstić information content (AvgIpc) is 2.76. The van der Waals surface area contributed by atoms with Gasteiger partial charge in [0.15, 0.2) is 5.78 Å². The van der Waals surface area contributed by atoms with Crippen LogP contribution in [0.5, 0.6) is 5.75 Å². The lowest BCUT2D eigenvalue weighted by Gasteiger charge is -2.08. The molecule has 0 bridgehead atoms. The quantitative estimate of drug-likeness (QED) is 0.497. The molecule has 1 amide bonds. The summed E-state index contributed by atoms with van der Waals surface area (Å²) in [7, 11) is 1.61. The molecule has 4 aromatic carbocycles. The SMILES string of the molecule is COc1ccc2ccc(C(=O)CNC(=O)Cc3ccc4ccccc4c3)cc2c1. The van der Waals surface area contributed by atoms with Gasteiger partial charge in [0.2, 0.25) is 5.91 Å². The van der Waals surface area contributed by atoms with E-state index in [4.69, 9.17) is 4.74 Å². The lowest BCUT2D eigenvalue weighted by Crippen LogP contribution is -2.30. The van der Waals surface area contributed by atoms with E-state index in [-0.39, 0.29) is 24.7 Å². The predicted octanol–water partition coefficient (Wildman–Crippen LogP) is 4.54. The van der Waals surface area contributed by atoms with Crippen molar-refractivity contribution in [3.8, 4) is 5.75 Å². The molecule has 0 fully saturated rings. The number of Topliss-reactive ketones (excluding diaryl/α,β-unsaturated/α-hetero) is 1. The summed E-state index contributed by atoms with van der Waals surface area (Å²) in [5, 5.41) is 6.93. The van der Waals surface area contributed by atoms with Crippen molar-refractivity contribution in [2.75, 3.05) is 13.7 Å². The molecule has 29 heavy (non-hydrogen) atoms. The highest BCUT2D eigenvalue weighted by Gasteiger charge is 2.10. The molecule has 0 heterocycles. The maximum absolute atomic E-state index is 12.5. The molecule has 0 aliphatic carbocycles. The third-order valence-corrected chi connectivity index (χ3v) is 4.99. The van der Waals surface area contributed by atoms with Crippen LogP contribution in [0.15, 0.2) is 78.9 Å². The molecule has 144 valence electrons. The molecule has 0 saturated heterocycles. The Morgan fingerprint density at radius 1 is 0.793 bits per heavy atom. The number of amides is 1. The van der Waals surface area contributed by atoms with Crippen molar-refractivity contribution in [1.29, 1.82) is 0 Å². The van der Waals surface area contributed by atoms with E-state index in [2.05, 4.69) is 5.32 Å². The number of carbonyl (C=O) groups is 2. The number of methoxy groups -OCH3 is 1. The van der Waals surface area contributed by atoms with Crippen LogP contribution in [0.1, 0.15) is 15.9 Å². The van der Waals surface area contributed by atoms with E-state index in [9.17, 15) is 9.59 Å². The van der Waals surface area contributed by atoms with Crippen molar-refractivity contribution >= 4 is 33.2 Å². The fourth-order valence-electron chi connectivity index (χ4n) is 3.40. The van der Waals surface area contributed by atoms with Crippen LogP contribution in [0.4, 0.5) is 0 Å². The molecule has 4 rings (SSSR count). The lowest BCUT2D eigenvalue weighted by atomic mass is 10.0. The number of nitrogens with one attached hydrogen (secondary N) is 1. The molecule has 4 nitrogen and oxygen atoms in total. The van der Waals surface area contributed by atoms with Crippen molar-refractivity contribution in [2.45, 2.75) is 6.42 Å². The normalized spacial score (nSPS) is 10.8.